The van der Waals surface area contributed by atoms with Crippen molar-refractivity contribution < 1.29 is 0 Å². The lowest BCUT2D eigenvalue weighted by Gasteiger charge is -2.31. The van der Waals surface area contributed by atoms with E-state index in [-0.39, 0.29) is 0 Å². The van der Waals surface area contributed by atoms with Crippen LogP contribution in [0.4, 0.5) is 11.4 Å². The summed E-state index contributed by atoms with van der Waals surface area (Å²) in [6, 6.07) is 14.1. The molecule has 2 aromatic rings. The Morgan fingerprint density at radius 3 is 0.902 bits per heavy atom. The topological polar surface area (TPSA) is 6.48 Å². The number of hydrogen-bond acceptors (Lipinski definition) is 2. The number of para-hydroxylation sites is 2. The molecule has 0 aliphatic carbocycles. The number of nitrogens with zero attached hydrogens (tertiary/aromatic N) is 2. The van der Waals surface area contributed by atoms with Crippen LogP contribution in [0.25, 0.3) is 0 Å². The molecule has 0 bridgehead atoms. The van der Waals surface area contributed by atoms with Gasteiger partial charge in [-0.1, -0.05) is 208 Å². The van der Waals surface area contributed by atoms with Crippen LogP contribution in [0.15, 0.2) is 47.8 Å². The number of allylic oxidation sites excluding steroid dienone is 2. The summed E-state index contributed by atoms with van der Waals surface area (Å²) in [5.41, 5.74) is 11.6. The second kappa shape index (κ2) is 23.4. The van der Waals surface area contributed by atoms with Gasteiger partial charge in [0.2, 0.25) is 6.67 Å². The van der Waals surface area contributed by atoms with E-state index in [1.807, 2.05) is 0 Å². The second-order valence-electron chi connectivity index (χ2n) is 17.0. The fourth-order valence-electron chi connectivity index (χ4n) is 8.11. The van der Waals surface area contributed by atoms with Gasteiger partial charge in [0.05, 0.1) is 11.4 Å². The molecule has 0 N–H and O–H groups in total. The maximum absolute atomic E-state index is 4.16. The van der Waals surface area contributed by atoms with Crippen molar-refractivity contribution in [3.8, 4) is 0 Å². The first kappa shape index (κ1) is 43.2. The maximum atomic E-state index is 4.16. The number of rotatable bonds is 26. The first-order valence-electron chi connectivity index (χ1n) is 22.0. The lowest BCUT2D eigenvalue weighted by Crippen LogP contribution is -2.26. The van der Waals surface area contributed by atoms with Crippen molar-refractivity contribution in [2.45, 2.75) is 221 Å². The Hall–Kier alpha value is -2.22. The number of benzene rings is 2. The molecule has 0 aromatic heterocycles. The van der Waals surface area contributed by atoms with Crippen LogP contribution < -0.4 is 9.80 Å². The van der Waals surface area contributed by atoms with Crippen LogP contribution >= 0.6 is 0 Å². The number of hydrogen-bond donors (Lipinski definition) is 0. The summed E-state index contributed by atoms with van der Waals surface area (Å²) < 4.78 is 0. The van der Waals surface area contributed by atoms with Gasteiger partial charge in [0, 0.05) is 11.4 Å². The van der Waals surface area contributed by atoms with E-state index in [4.69, 9.17) is 0 Å². The first-order chi connectivity index (χ1) is 24.6. The maximum Gasteiger partial charge on any atom is 0.218 e. The molecule has 2 nitrogen and oxygen atoms in total. The van der Waals surface area contributed by atoms with E-state index in [1.165, 1.54) is 161 Å². The van der Waals surface area contributed by atoms with Gasteiger partial charge >= 0.3 is 0 Å². The zero-order chi connectivity index (χ0) is 37.2. The molecule has 0 spiro atoms. The van der Waals surface area contributed by atoms with Crippen molar-refractivity contribution in [1.29, 1.82) is 0 Å². The fraction of sp³-hybridized carbons (Fsp3) is 0.694. The molecule has 1 aliphatic heterocycles. The highest BCUT2D eigenvalue weighted by Gasteiger charge is 2.37. The third kappa shape index (κ3) is 13.0. The molecular weight excluding hydrogens is 617 g/mol. The lowest BCUT2D eigenvalue weighted by atomic mass is 9.91. The number of anilines is 2. The minimum Gasteiger partial charge on any atom is -0.311 e. The predicted octanol–water partition coefficient (Wildman–Crippen LogP) is 16.6. The molecule has 1 aliphatic rings. The van der Waals surface area contributed by atoms with E-state index in [0.29, 0.717) is 23.7 Å². The minimum absolute atomic E-state index is 0.443. The Bertz CT molecular complexity index is 1130. The average Bonchev–Trinajstić information content (AvgIpc) is 3.46. The van der Waals surface area contributed by atoms with Crippen molar-refractivity contribution >= 4 is 11.4 Å². The Morgan fingerprint density at radius 1 is 0.392 bits per heavy atom. The van der Waals surface area contributed by atoms with Crippen molar-refractivity contribution in [3.63, 3.8) is 0 Å². The highest BCUT2D eigenvalue weighted by atomic mass is 15.4. The van der Waals surface area contributed by atoms with E-state index in [9.17, 15) is 0 Å². The van der Waals surface area contributed by atoms with Gasteiger partial charge in [-0.05, 0) is 71.6 Å². The van der Waals surface area contributed by atoms with Crippen molar-refractivity contribution in [2.75, 3.05) is 9.80 Å². The summed E-state index contributed by atoms with van der Waals surface area (Å²) in [7, 11) is 0. The zero-order valence-corrected chi connectivity index (χ0v) is 35.3. The molecule has 2 heteroatoms. The molecule has 0 fully saturated rings. The average molecular weight is 697 g/mol. The van der Waals surface area contributed by atoms with Crippen LogP contribution in [0, 0.1) is 6.67 Å². The van der Waals surface area contributed by atoms with Crippen LogP contribution in [0.2, 0.25) is 0 Å². The van der Waals surface area contributed by atoms with Crippen molar-refractivity contribution in [2.24, 2.45) is 0 Å². The van der Waals surface area contributed by atoms with Gasteiger partial charge in [0.15, 0.2) is 0 Å². The molecule has 2 aromatic carbocycles. The van der Waals surface area contributed by atoms with Crippen molar-refractivity contribution in [3.05, 3.63) is 76.7 Å². The van der Waals surface area contributed by atoms with E-state index >= 15 is 0 Å². The summed E-state index contributed by atoms with van der Waals surface area (Å²) in [6.07, 6.45) is 26.8. The summed E-state index contributed by atoms with van der Waals surface area (Å²) in [5.74, 6) is 1.77. The Morgan fingerprint density at radius 2 is 0.647 bits per heavy atom. The third-order valence-electron chi connectivity index (χ3n) is 11.2. The quantitative estimate of drug-likeness (QED) is 0.0904. The van der Waals surface area contributed by atoms with Crippen LogP contribution in [0.3, 0.4) is 0 Å². The Balaban J connectivity index is 2.05. The summed E-state index contributed by atoms with van der Waals surface area (Å²) in [6.45, 7) is 27.7. The van der Waals surface area contributed by atoms with Gasteiger partial charge in [-0.15, -0.1) is 0 Å². The molecule has 2 radical (unpaired) electrons. The number of unbranched alkanes of at least 4 members (excludes halogenated alkanes) is 16. The van der Waals surface area contributed by atoms with E-state index in [0.717, 1.165) is 12.8 Å². The van der Waals surface area contributed by atoms with Gasteiger partial charge in [0.1, 0.15) is 0 Å². The molecule has 51 heavy (non-hydrogen) atoms. The highest BCUT2D eigenvalue weighted by molar-refractivity contribution is 5.76. The first-order valence-corrected chi connectivity index (χ1v) is 22.0. The molecule has 3 rings (SSSR count). The van der Waals surface area contributed by atoms with Crippen LogP contribution in [0.5, 0.6) is 0 Å². The zero-order valence-electron chi connectivity index (χ0n) is 35.3. The molecular formula is C49H80N2. The smallest absolute Gasteiger partial charge is 0.218 e. The van der Waals surface area contributed by atoms with E-state index in [1.54, 1.807) is 0 Å². The summed E-state index contributed by atoms with van der Waals surface area (Å²) in [5, 5.41) is 0. The molecule has 0 saturated carbocycles. The normalized spacial score (nSPS) is 13.8. The highest BCUT2D eigenvalue weighted by Crippen LogP contribution is 2.48. The Kier molecular flexibility index (Phi) is 19.9. The fourth-order valence-corrected chi connectivity index (χ4v) is 8.11. The molecule has 0 amide bonds. The van der Waals surface area contributed by atoms with Crippen molar-refractivity contribution in [1.82, 2.24) is 0 Å². The van der Waals surface area contributed by atoms with Gasteiger partial charge in [-0.3, -0.25) is 0 Å². The molecule has 0 saturated heterocycles. The van der Waals surface area contributed by atoms with E-state index in [2.05, 4.69) is 122 Å². The molecule has 0 unspecified atom stereocenters. The summed E-state index contributed by atoms with van der Waals surface area (Å²) in [4.78, 5) is 5.17. The molecule has 286 valence electrons. The van der Waals surface area contributed by atoms with E-state index < -0.39 is 0 Å². The van der Waals surface area contributed by atoms with Crippen LogP contribution in [0.1, 0.15) is 244 Å². The predicted molar refractivity (Wildman–Crippen MR) is 228 cm³/mol. The van der Waals surface area contributed by atoms with Gasteiger partial charge in [-0.25, -0.2) is 0 Å². The third-order valence-corrected chi connectivity index (χ3v) is 11.2. The molecule has 0 atom stereocenters. The Labute approximate surface area is 318 Å². The second-order valence-corrected chi connectivity index (χ2v) is 17.0. The van der Waals surface area contributed by atoms with Gasteiger partial charge < -0.3 is 9.80 Å². The van der Waals surface area contributed by atoms with Crippen LogP contribution in [-0.4, -0.2) is 0 Å². The monoisotopic (exact) mass is 697 g/mol. The van der Waals surface area contributed by atoms with Crippen LogP contribution in [-0.2, 0) is 0 Å². The summed E-state index contributed by atoms with van der Waals surface area (Å²) >= 11 is 0. The SMILES string of the molecule is CCCCCCCCCCCC1=C(CCCCCCCCCCC)N(c2c(C(C)C)cccc2C(C)C)[C]N1c1c(C(C)C)cccc1C(C)C. The lowest BCUT2D eigenvalue weighted by molar-refractivity contribution is 0.560. The van der Waals surface area contributed by atoms with Gasteiger partial charge in [0.25, 0.3) is 0 Å². The largest absolute Gasteiger partial charge is 0.311 e. The standard InChI is InChI=1S/C49H80N2/c1-11-13-15-17-19-21-23-25-27-35-46-47(36-28-26-24-22-20-18-16-14-12-2)51(49-44(40(7)8)33-30-34-45(49)41(9)10)37-50(46)48-42(38(3)4)31-29-32-43(48)39(5)6/h29-34,38-41H,11-28,35-36H2,1-10H3. The molecule has 1 heterocycles. The minimum atomic E-state index is 0.443. The van der Waals surface area contributed by atoms with Gasteiger partial charge in [-0.2, -0.15) is 0 Å².